The largest absolute Gasteiger partial charge is 0.478 e. The fraction of sp³-hybridized carbons (Fsp3) is 0.118. The molecule has 0 fully saturated rings. The molecule has 1 N–H and O–H groups in total. The van der Waals surface area contributed by atoms with Crippen LogP contribution < -0.4 is 10.6 Å². The van der Waals surface area contributed by atoms with Crippen LogP contribution >= 0.6 is 7.92 Å². The van der Waals surface area contributed by atoms with Crippen LogP contribution in [0.5, 0.6) is 0 Å². The van der Waals surface area contributed by atoms with Crippen molar-refractivity contribution < 1.29 is 9.90 Å². The molecule has 0 aliphatic carbocycles. The van der Waals surface area contributed by atoms with E-state index >= 15 is 0 Å². The molecule has 3 heteroatoms. The molecular formula is C17H17O2P. The van der Waals surface area contributed by atoms with E-state index in [9.17, 15) is 9.90 Å². The zero-order valence-electron chi connectivity index (χ0n) is 11.6. The molecule has 0 unspecified atom stereocenters. The predicted molar refractivity (Wildman–Crippen MR) is 85.1 cm³/mol. The van der Waals surface area contributed by atoms with E-state index in [0.29, 0.717) is 5.57 Å². The normalized spacial score (nSPS) is 12.2. The van der Waals surface area contributed by atoms with E-state index in [1.54, 1.807) is 6.92 Å². The molecule has 0 aliphatic heterocycles. The molecule has 0 saturated carbocycles. The second kappa shape index (κ2) is 6.49. The molecule has 2 nitrogen and oxygen atoms in total. The second-order valence-electron chi connectivity index (χ2n) is 4.52. The quantitative estimate of drug-likeness (QED) is 0.689. The van der Waals surface area contributed by atoms with E-state index in [1.165, 1.54) is 10.6 Å². The van der Waals surface area contributed by atoms with Crippen LogP contribution in [-0.2, 0) is 4.79 Å². The average Bonchev–Trinajstić information content (AvgIpc) is 2.48. The molecule has 2 aromatic rings. The average molecular weight is 284 g/mol. The first-order valence-electron chi connectivity index (χ1n) is 6.42. The van der Waals surface area contributed by atoms with Gasteiger partial charge in [0.1, 0.15) is 0 Å². The maximum atomic E-state index is 11.3. The van der Waals surface area contributed by atoms with Crippen LogP contribution in [0.3, 0.4) is 0 Å². The highest BCUT2D eigenvalue weighted by Crippen LogP contribution is 2.43. The molecule has 0 heterocycles. The lowest BCUT2D eigenvalue weighted by Gasteiger charge is -2.20. The summed E-state index contributed by atoms with van der Waals surface area (Å²) >= 11 is 0. The van der Waals surface area contributed by atoms with Gasteiger partial charge in [-0.15, -0.1) is 0 Å². The number of carboxylic acid groups (broad SMARTS) is 1. The Kier molecular flexibility index (Phi) is 4.70. The molecule has 0 amide bonds. The maximum absolute atomic E-state index is 11.3. The number of allylic oxidation sites excluding steroid dienone is 1. The van der Waals surface area contributed by atoms with Crippen LogP contribution in [0.1, 0.15) is 13.8 Å². The van der Waals surface area contributed by atoms with Gasteiger partial charge < -0.3 is 5.11 Å². The van der Waals surface area contributed by atoms with Crippen molar-refractivity contribution in [3.8, 4) is 0 Å². The van der Waals surface area contributed by atoms with Crippen LogP contribution in [0.4, 0.5) is 0 Å². The maximum Gasteiger partial charge on any atom is 0.331 e. The molecule has 20 heavy (non-hydrogen) atoms. The van der Waals surface area contributed by atoms with Crippen molar-refractivity contribution in [3.63, 3.8) is 0 Å². The van der Waals surface area contributed by atoms with Crippen molar-refractivity contribution >= 4 is 24.5 Å². The molecule has 0 aromatic heterocycles. The number of carbonyl (C=O) groups is 1. The summed E-state index contributed by atoms with van der Waals surface area (Å²) in [7, 11) is -0.785. The van der Waals surface area contributed by atoms with Gasteiger partial charge >= 0.3 is 5.97 Å². The van der Waals surface area contributed by atoms with E-state index in [2.05, 4.69) is 24.3 Å². The fourth-order valence-electron chi connectivity index (χ4n) is 2.01. The highest BCUT2D eigenvalue weighted by atomic mass is 31.1. The van der Waals surface area contributed by atoms with Crippen molar-refractivity contribution in [3.05, 3.63) is 71.6 Å². The van der Waals surface area contributed by atoms with E-state index in [1.807, 2.05) is 43.3 Å². The van der Waals surface area contributed by atoms with Gasteiger partial charge in [-0.05, 0) is 37.7 Å². The van der Waals surface area contributed by atoms with Gasteiger partial charge in [0.15, 0.2) is 0 Å². The minimum atomic E-state index is -0.845. The van der Waals surface area contributed by atoms with E-state index in [-0.39, 0.29) is 0 Å². The molecule has 2 aromatic carbocycles. The van der Waals surface area contributed by atoms with Crippen molar-refractivity contribution in [2.45, 2.75) is 13.8 Å². The zero-order valence-corrected chi connectivity index (χ0v) is 12.5. The Morgan fingerprint density at radius 2 is 1.25 bits per heavy atom. The van der Waals surface area contributed by atoms with Gasteiger partial charge in [-0.3, -0.25) is 0 Å². The first kappa shape index (κ1) is 14.5. The number of hydrogen-bond acceptors (Lipinski definition) is 1. The number of rotatable bonds is 4. The lowest BCUT2D eigenvalue weighted by Crippen LogP contribution is -2.14. The van der Waals surface area contributed by atoms with E-state index in [0.717, 1.165) is 5.31 Å². The van der Waals surface area contributed by atoms with Crippen LogP contribution in [0.25, 0.3) is 0 Å². The minimum absolute atomic E-state index is 0.434. The second-order valence-corrected chi connectivity index (χ2v) is 6.90. The smallest absolute Gasteiger partial charge is 0.331 e. The molecule has 102 valence electrons. The van der Waals surface area contributed by atoms with Crippen LogP contribution in [0, 0.1) is 0 Å². The van der Waals surface area contributed by atoms with Gasteiger partial charge in [0.25, 0.3) is 0 Å². The zero-order chi connectivity index (χ0) is 14.5. The summed E-state index contributed by atoms with van der Waals surface area (Å²) in [6, 6.07) is 20.2. The Morgan fingerprint density at radius 3 is 1.60 bits per heavy atom. The summed E-state index contributed by atoms with van der Waals surface area (Å²) < 4.78 is 0. The molecule has 0 spiro atoms. The molecule has 0 aliphatic rings. The molecule has 2 rings (SSSR count). The summed E-state index contributed by atoms with van der Waals surface area (Å²) in [4.78, 5) is 11.3. The third kappa shape index (κ3) is 3.15. The minimum Gasteiger partial charge on any atom is -0.478 e. The van der Waals surface area contributed by atoms with E-state index < -0.39 is 13.9 Å². The fourth-order valence-corrected chi connectivity index (χ4v) is 4.46. The third-order valence-corrected chi connectivity index (χ3v) is 5.86. The molecule has 0 radical (unpaired) electrons. The van der Waals surface area contributed by atoms with Gasteiger partial charge in [-0.1, -0.05) is 60.7 Å². The van der Waals surface area contributed by atoms with Gasteiger partial charge in [0.05, 0.1) is 0 Å². The lowest BCUT2D eigenvalue weighted by atomic mass is 10.3. The number of aliphatic carboxylic acids is 1. The third-order valence-electron chi connectivity index (χ3n) is 3.23. The number of carboxylic acids is 1. The Bertz CT molecular complexity index is 578. The molecule has 0 saturated heterocycles. The summed E-state index contributed by atoms with van der Waals surface area (Å²) in [5.41, 5.74) is 0.434. The van der Waals surface area contributed by atoms with Gasteiger partial charge in [-0.25, -0.2) is 4.79 Å². The van der Waals surface area contributed by atoms with Gasteiger partial charge in [0.2, 0.25) is 0 Å². The topological polar surface area (TPSA) is 37.3 Å². The van der Waals surface area contributed by atoms with Gasteiger partial charge in [-0.2, -0.15) is 0 Å². The highest BCUT2D eigenvalue weighted by molar-refractivity contribution is 7.76. The van der Waals surface area contributed by atoms with Crippen molar-refractivity contribution in [1.82, 2.24) is 0 Å². The first-order chi connectivity index (χ1) is 9.61. The van der Waals surface area contributed by atoms with Gasteiger partial charge in [0, 0.05) is 5.57 Å². The Hall–Kier alpha value is -1.92. The summed E-state index contributed by atoms with van der Waals surface area (Å²) in [5, 5.41) is 12.5. The van der Waals surface area contributed by atoms with Crippen molar-refractivity contribution in [2.75, 3.05) is 0 Å². The van der Waals surface area contributed by atoms with E-state index in [4.69, 9.17) is 0 Å². The molecular weight excluding hydrogens is 267 g/mol. The lowest BCUT2D eigenvalue weighted by molar-refractivity contribution is -0.132. The Labute approximate surface area is 120 Å². The van der Waals surface area contributed by atoms with Crippen molar-refractivity contribution in [2.24, 2.45) is 0 Å². The number of benzene rings is 2. The summed E-state index contributed by atoms with van der Waals surface area (Å²) in [5.74, 6) is -0.845. The van der Waals surface area contributed by atoms with Crippen LogP contribution in [0.2, 0.25) is 0 Å². The Morgan fingerprint density at radius 1 is 0.850 bits per heavy atom. The monoisotopic (exact) mass is 284 g/mol. The predicted octanol–water partition coefficient (Wildman–Crippen LogP) is 3.50. The first-order valence-corrected chi connectivity index (χ1v) is 7.76. The number of hydrogen-bond donors (Lipinski definition) is 1. The highest BCUT2D eigenvalue weighted by Gasteiger charge is 2.19. The molecule has 0 bridgehead atoms. The van der Waals surface area contributed by atoms with Crippen molar-refractivity contribution in [1.29, 1.82) is 0 Å². The molecule has 0 atom stereocenters. The van der Waals surface area contributed by atoms with Crippen LogP contribution in [-0.4, -0.2) is 11.1 Å². The standard InChI is InChI=1S/C17H17O2P/c1-13(17(18)19)14(2)20(15-9-5-3-6-10-15)16-11-7-4-8-12-16/h3-12H,1-2H3,(H,18,19)/b14-13+. The van der Waals surface area contributed by atoms with Crippen LogP contribution in [0.15, 0.2) is 71.6 Å². The Balaban J connectivity index is 2.57. The SMILES string of the molecule is C/C(C(=O)O)=C(/C)P(c1ccccc1)c1ccccc1. The summed E-state index contributed by atoms with van der Waals surface area (Å²) in [6.07, 6.45) is 0. The summed E-state index contributed by atoms with van der Waals surface area (Å²) in [6.45, 7) is 3.61.